The molecular formula is C20H26N2O4. The van der Waals surface area contributed by atoms with Crippen molar-refractivity contribution in [3.05, 3.63) is 29.3 Å². The van der Waals surface area contributed by atoms with Crippen LogP contribution in [-0.4, -0.2) is 34.8 Å². The minimum absolute atomic E-state index is 0.140. The quantitative estimate of drug-likeness (QED) is 0.793. The van der Waals surface area contributed by atoms with Crippen molar-refractivity contribution in [2.24, 2.45) is 5.92 Å². The molecule has 3 rings (SSSR count). The summed E-state index contributed by atoms with van der Waals surface area (Å²) in [6, 6.07) is 4.93. The van der Waals surface area contributed by atoms with E-state index >= 15 is 0 Å². The van der Waals surface area contributed by atoms with Crippen molar-refractivity contribution in [1.82, 2.24) is 10.2 Å². The summed E-state index contributed by atoms with van der Waals surface area (Å²) in [7, 11) is 0. The fourth-order valence-corrected chi connectivity index (χ4v) is 3.66. The molecule has 26 heavy (non-hydrogen) atoms. The fraction of sp³-hybridized carbons (Fsp3) is 0.550. The zero-order valence-electron chi connectivity index (χ0n) is 15.6. The number of fused-ring (bicyclic) bond motifs is 1. The number of amides is 3. The number of hydrogen-bond acceptors (Lipinski definition) is 4. The lowest BCUT2D eigenvalue weighted by Gasteiger charge is -2.29. The third-order valence-electron chi connectivity index (χ3n) is 5.46. The van der Waals surface area contributed by atoms with Gasteiger partial charge in [-0.3, -0.25) is 19.7 Å². The minimum atomic E-state index is -0.583. The van der Waals surface area contributed by atoms with Crippen LogP contribution >= 0.6 is 0 Å². The van der Waals surface area contributed by atoms with E-state index in [0.717, 1.165) is 24.2 Å². The number of hydrogen-bond donors (Lipinski definition) is 1. The van der Waals surface area contributed by atoms with Gasteiger partial charge in [-0.15, -0.1) is 0 Å². The Morgan fingerprint density at radius 3 is 2.65 bits per heavy atom. The lowest BCUT2D eigenvalue weighted by Crippen LogP contribution is -2.52. The van der Waals surface area contributed by atoms with Crippen LogP contribution in [0.3, 0.4) is 0 Å². The number of ether oxygens (including phenoxy) is 1. The van der Waals surface area contributed by atoms with Gasteiger partial charge < -0.3 is 9.64 Å². The Labute approximate surface area is 153 Å². The zero-order valence-corrected chi connectivity index (χ0v) is 15.6. The smallest absolute Gasteiger partial charge is 0.255 e. The molecular weight excluding hydrogens is 332 g/mol. The van der Waals surface area contributed by atoms with Gasteiger partial charge in [0.05, 0.1) is 0 Å². The largest absolute Gasteiger partial charge is 0.490 e. The second kappa shape index (κ2) is 7.48. The molecule has 2 heterocycles. The van der Waals surface area contributed by atoms with Gasteiger partial charge in [-0.1, -0.05) is 27.2 Å². The molecule has 3 amide bonds. The molecule has 1 aromatic rings. The van der Waals surface area contributed by atoms with Gasteiger partial charge in [0.1, 0.15) is 17.9 Å². The van der Waals surface area contributed by atoms with Crippen molar-refractivity contribution in [3.63, 3.8) is 0 Å². The molecule has 1 N–H and O–H groups in total. The Hall–Kier alpha value is -2.37. The molecule has 1 aromatic carbocycles. The summed E-state index contributed by atoms with van der Waals surface area (Å²) in [6.07, 6.45) is 2.75. The zero-order chi connectivity index (χ0) is 18.8. The van der Waals surface area contributed by atoms with Gasteiger partial charge in [0.25, 0.3) is 5.91 Å². The average Bonchev–Trinajstić information content (AvgIpc) is 2.95. The molecule has 0 aliphatic carbocycles. The van der Waals surface area contributed by atoms with Gasteiger partial charge in [0.15, 0.2) is 0 Å². The monoisotopic (exact) mass is 358 g/mol. The molecule has 6 nitrogen and oxygen atoms in total. The first-order valence-electron chi connectivity index (χ1n) is 9.38. The Kier molecular flexibility index (Phi) is 5.30. The normalized spacial score (nSPS) is 22.0. The van der Waals surface area contributed by atoms with Gasteiger partial charge in [-0.05, 0) is 42.5 Å². The van der Waals surface area contributed by atoms with Crippen molar-refractivity contribution in [2.75, 3.05) is 0 Å². The number of rotatable bonds is 6. The molecule has 0 saturated carbocycles. The van der Waals surface area contributed by atoms with Crippen LogP contribution in [0.25, 0.3) is 0 Å². The first kappa shape index (κ1) is 18.4. The van der Waals surface area contributed by atoms with Gasteiger partial charge >= 0.3 is 0 Å². The van der Waals surface area contributed by atoms with E-state index in [0.29, 0.717) is 24.4 Å². The molecule has 140 valence electrons. The van der Waals surface area contributed by atoms with E-state index in [1.807, 2.05) is 12.1 Å². The lowest BCUT2D eigenvalue weighted by atomic mass is 9.99. The van der Waals surface area contributed by atoms with Crippen molar-refractivity contribution >= 4 is 17.7 Å². The highest BCUT2D eigenvalue weighted by atomic mass is 16.5. The molecule has 6 heteroatoms. The summed E-state index contributed by atoms with van der Waals surface area (Å²) in [5, 5.41) is 2.32. The van der Waals surface area contributed by atoms with Crippen LogP contribution in [0.2, 0.25) is 0 Å². The predicted octanol–water partition coefficient (Wildman–Crippen LogP) is 2.65. The fourth-order valence-electron chi connectivity index (χ4n) is 3.66. The standard InChI is InChI=1S/C20H26N2O4/c1-4-12(3)17(5-2)26-14-6-7-15-13(10-14)11-22(20(15)25)16-8-9-18(23)21-19(16)24/h6-7,10,12,16-17H,4-5,8-9,11H2,1-3H3,(H,21,23,24). The number of nitrogens with one attached hydrogen (secondary N) is 1. The number of carbonyl (C=O) groups is 3. The van der Waals surface area contributed by atoms with Gasteiger partial charge in [-0.25, -0.2) is 0 Å². The molecule has 2 aliphatic heterocycles. The third-order valence-corrected chi connectivity index (χ3v) is 5.46. The summed E-state index contributed by atoms with van der Waals surface area (Å²) < 4.78 is 6.14. The van der Waals surface area contributed by atoms with Gasteiger partial charge in [0.2, 0.25) is 11.8 Å². The number of carbonyl (C=O) groups excluding carboxylic acids is 3. The van der Waals surface area contributed by atoms with E-state index in [1.165, 1.54) is 0 Å². The Morgan fingerprint density at radius 1 is 1.23 bits per heavy atom. The first-order valence-corrected chi connectivity index (χ1v) is 9.38. The van der Waals surface area contributed by atoms with Crippen molar-refractivity contribution in [3.8, 4) is 5.75 Å². The van der Waals surface area contributed by atoms with E-state index in [-0.39, 0.29) is 30.2 Å². The highest BCUT2D eigenvalue weighted by molar-refractivity contribution is 6.05. The second-order valence-electron chi connectivity index (χ2n) is 7.17. The van der Waals surface area contributed by atoms with Crippen LogP contribution in [0, 0.1) is 5.92 Å². The minimum Gasteiger partial charge on any atom is -0.490 e. The number of imide groups is 1. The summed E-state index contributed by atoms with van der Waals surface area (Å²) in [5.41, 5.74) is 1.48. The Morgan fingerprint density at radius 2 is 2.00 bits per heavy atom. The summed E-state index contributed by atoms with van der Waals surface area (Å²) in [6.45, 7) is 6.81. The first-order chi connectivity index (χ1) is 12.4. The van der Waals surface area contributed by atoms with E-state index in [9.17, 15) is 14.4 Å². The summed E-state index contributed by atoms with van der Waals surface area (Å²) >= 11 is 0. The molecule has 0 bridgehead atoms. The van der Waals surface area contributed by atoms with Gasteiger partial charge in [-0.2, -0.15) is 0 Å². The van der Waals surface area contributed by atoms with Crippen LogP contribution in [0.1, 0.15) is 62.4 Å². The molecule has 0 spiro atoms. The maximum absolute atomic E-state index is 12.7. The second-order valence-corrected chi connectivity index (χ2v) is 7.17. The molecule has 1 saturated heterocycles. The summed E-state index contributed by atoms with van der Waals surface area (Å²) in [5.74, 6) is 0.391. The van der Waals surface area contributed by atoms with Crippen LogP contribution in [0.5, 0.6) is 5.75 Å². The van der Waals surface area contributed by atoms with Crippen molar-refractivity contribution in [1.29, 1.82) is 0 Å². The highest BCUT2D eigenvalue weighted by Gasteiger charge is 2.39. The number of piperidine rings is 1. The van der Waals surface area contributed by atoms with E-state index in [4.69, 9.17) is 4.74 Å². The van der Waals surface area contributed by atoms with Crippen LogP contribution in [0.4, 0.5) is 0 Å². The maximum atomic E-state index is 12.7. The number of nitrogens with zero attached hydrogens (tertiary/aromatic N) is 1. The highest BCUT2D eigenvalue weighted by Crippen LogP contribution is 2.31. The van der Waals surface area contributed by atoms with Crippen LogP contribution in [0.15, 0.2) is 18.2 Å². The van der Waals surface area contributed by atoms with E-state index in [1.54, 1.807) is 11.0 Å². The SMILES string of the molecule is CCC(C)C(CC)Oc1ccc2c(c1)CN(C1CCC(=O)NC1=O)C2=O. The third kappa shape index (κ3) is 3.45. The Balaban J connectivity index is 1.76. The molecule has 3 unspecified atom stereocenters. The van der Waals surface area contributed by atoms with Crippen LogP contribution in [-0.2, 0) is 16.1 Å². The molecule has 0 aromatic heterocycles. The average molecular weight is 358 g/mol. The van der Waals surface area contributed by atoms with E-state index in [2.05, 4.69) is 26.1 Å². The molecule has 1 fully saturated rings. The van der Waals surface area contributed by atoms with Gasteiger partial charge in [0, 0.05) is 18.5 Å². The van der Waals surface area contributed by atoms with E-state index < -0.39 is 6.04 Å². The van der Waals surface area contributed by atoms with Crippen LogP contribution < -0.4 is 10.1 Å². The topological polar surface area (TPSA) is 75.7 Å². The van der Waals surface area contributed by atoms with Crippen molar-refractivity contribution in [2.45, 2.75) is 65.1 Å². The Bertz CT molecular complexity index is 731. The molecule has 3 atom stereocenters. The maximum Gasteiger partial charge on any atom is 0.255 e. The molecule has 0 radical (unpaired) electrons. The molecule has 2 aliphatic rings. The van der Waals surface area contributed by atoms with Crippen molar-refractivity contribution < 1.29 is 19.1 Å². The predicted molar refractivity (Wildman–Crippen MR) is 96.6 cm³/mol. The lowest BCUT2D eigenvalue weighted by molar-refractivity contribution is -0.136. The summed E-state index contributed by atoms with van der Waals surface area (Å²) in [4.78, 5) is 37.7. The number of benzene rings is 1.